The maximum atomic E-state index is 10.4. The number of aliphatic hydroxyl groups is 1. The van der Waals surface area contributed by atoms with Gasteiger partial charge in [-0.1, -0.05) is 18.2 Å². The first-order valence-corrected chi connectivity index (χ1v) is 7.95. The number of aliphatic hydroxyl groups excluding tert-OH is 1. The Morgan fingerprint density at radius 2 is 2.10 bits per heavy atom. The van der Waals surface area contributed by atoms with Crippen molar-refractivity contribution in [2.45, 2.75) is 19.4 Å². The molecule has 1 unspecified atom stereocenters. The SMILES string of the molecule is Cc1csc(CC(O)c2nc3ccccc3cc2Br)n1. The Hall–Kier alpha value is -1.30. The summed E-state index contributed by atoms with van der Waals surface area (Å²) >= 11 is 5.06. The lowest BCUT2D eigenvalue weighted by Gasteiger charge is -2.11. The normalized spacial score (nSPS) is 12.8. The lowest BCUT2D eigenvalue weighted by Crippen LogP contribution is -2.05. The molecule has 0 aliphatic carbocycles. The van der Waals surface area contributed by atoms with E-state index in [-0.39, 0.29) is 0 Å². The van der Waals surface area contributed by atoms with Crippen LogP contribution in [0.25, 0.3) is 10.9 Å². The fourth-order valence-electron chi connectivity index (χ4n) is 2.10. The van der Waals surface area contributed by atoms with Crippen LogP contribution in [0.1, 0.15) is 22.5 Å². The Balaban J connectivity index is 1.94. The van der Waals surface area contributed by atoms with Gasteiger partial charge in [0.1, 0.15) is 6.10 Å². The van der Waals surface area contributed by atoms with Gasteiger partial charge in [0.25, 0.3) is 0 Å². The van der Waals surface area contributed by atoms with Crippen molar-refractivity contribution in [2.75, 3.05) is 0 Å². The van der Waals surface area contributed by atoms with Gasteiger partial charge in [0.2, 0.25) is 0 Å². The van der Waals surface area contributed by atoms with Gasteiger partial charge >= 0.3 is 0 Å². The third-order valence-electron chi connectivity index (χ3n) is 3.05. The number of thiazole rings is 1. The van der Waals surface area contributed by atoms with Crippen LogP contribution in [0.2, 0.25) is 0 Å². The molecule has 1 atom stereocenters. The molecule has 0 fully saturated rings. The average molecular weight is 349 g/mol. The van der Waals surface area contributed by atoms with E-state index in [1.807, 2.05) is 42.6 Å². The van der Waals surface area contributed by atoms with Gasteiger partial charge in [0.05, 0.1) is 16.2 Å². The number of benzene rings is 1. The molecule has 3 rings (SSSR count). The van der Waals surface area contributed by atoms with E-state index in [2.05, 4.69) is 25.9 Å². The van der Waals surface area contributed by atoms with Crippen molar-refractivity contribution in [3.05, 3.63) is 56.6 Å². The number of pyridine rings is 1. The molecular formula is C15H13BrN2OS. The van der Waals surface area contributed by atoms with Crippen molar-refractivity contribution in [3.8, 4) is 0 Å². The number of rotatable bonds is 3. The van der Waals surface area contributed by atoms with E-state index in [9.17, 15) is 5.11 Å². The Kier molecular flexibility index (Phi) is 3.83. The molecule has 5 heteroatoms. The topological polar surface area (TPSA) is 46.0 Å². The van der Waals surface area contributed by atoms with E-state index in [4.69, 9.17) is 0 Å². The minimum Gasteiger partial charge on any atom is -0.386 e. The van der Waals surface area contributed by atoms with Crippen molar-refractivity contribution in [1.29, 1.82) is 0 Å². The predicted molar refractivity (Wildman–Crippen MR) is 85.0 cm³/mol. The van der Waals surface area contributed by atoms with Crippen molar-refractivity contribution in [2.24, 2.45) is 0 Å². The second-order valence-electron chi connectivity index (χ2n) is 4.65. The van der Waals surface area contributed by atoms with Gasteiger partial charge in [0, 0.05) is 27.4 Å². The Morgan fingerprint density at radius 3 is 2.85 bits per heavy atom. The highest BCUT2D eigenvalue weighted by Gasteiger charge is 2.16. The van der Waals surface area contributed by atoms with Crippen LogP contribution in [0.4, 0.5) is 0 Å². The van der Waals surface area contributed by atoms with Crippen LogP contribution >= 0.6 is 27.3 Å². The summed E-state index contributed by atoms with van der Waals surface area (Å²) in [6.07, 6.45) is -0.165. The molecular weight excluding hydrogens is 336 g/mol. The second kappa shape index (κ2) is 5.60. The number of nitrogens with zero attached hydrogens (tertiary/aromatic N) is 2. The quantitative estimate of drug-likeness (QED) is 0.776. The summed E-state index contributed by atoms with van der Waals surface area (Å²) in [5.74, 6) is 0. The summed E-state index contributed by atoms with van der Waals surface area (Å²) in [6, 6.07) is 9.88. The first-order chi connectivity index (χ1) is 9.63. The van der Waals surface area contributed by atoms with Gasteiger partial charge in [-0.2, -0.15) is 0 Å². The number of aromatic nitrogens is 2. The molecule has 1 N–H and O–H groups in total. The summed E-state index contributed by atoms with van der Waals surface area (Å²) in [6.45, 7) is 1.95. The van der Waals surface area contributed by atoms with E-state index >= 15 is 0 Å². The molecule has 0 bridgehead atoms. The molecule has 3 aromatic rings. The molecule has 0 aliphatic heterocycles. The molecule has 1 aromatic carbocycles. The number of aryl methyl sites for hydroxylation is 1. The maximum Gasteiger partial charge on any atom is 0.103 e. The van der Waals surface area contributed by atoms with Gasteiger partial charge in [-0.15, -0.1) is 11.3 Å². The molecule has 2 heterocycles. The third-order valence-corrected chi connectivity index (χ3v) is 4.68. The van der Waals surface area contributed by atoms with Gasteiger partial charge in [-0.25, -0.2) is 9.97 Å². The lowest BCUT2D eigenvalue weighted by atomic mass is 10.1. The second-order valence-corrected chi connectivity index (χ2v) is 6.45. The molecule has 0 spiro atoms. The maximum absolute atomic E-state index is 10.4. The first-order valence-electron chi connectivity index (χ1n) is 6.28. The van der Waals surface area contributed by atoms with Gasteiger partial charge in [-0.3, -0.25) is 0 Å². The predicted octanol–water partition coefficient (Wildman–Crippen LogP) is 4.04. The summed E-state index contributed by atoms with van der Waals surface area (Å²) < 4.78 is 0.831. The monoisotopic (exact) mass is 348 g/mol. The molecule has 102 valence electrons. The summed E-state index contributed by atoms with van der Waals surface area (Å²) in [4.78, 5) is 8.94. The van der Waals surface area contributed by atoms with Crippen LogP contribution in [-0.2, 0) is 6.42 Å². The zero-order chi connectivity index (χ0) is 14.1. The Bertz CT molecular complexity index is 756. The molecule has 0 radical (unpaired) electrons. The highest BCUT2D eigenvalue weighted by atomic mass is 79.9. The molecule has 20 heavy (non-hydrogen) atoms. The highest BCUT2D eigenvalue weighted by molar-refractivity contribution is 9.10. The summed E-state index contributed by atoms with van der Waals surface area (Å²) in [7, 11) is 0. The number of halogens is 1. The van der Waals surface area contributed by atoms with Crippen molar-refractivity contribution in [1.82, 2.24) is 9.97 Å². The van der Waals surface area contributed by atoms with Crippen molar-refractivity contribution >= 4 is 38.2 Å². The van der Waals surface area contributed by atoms with E-state index in [0.29, 0.717) is 12.1 Å². The van der Waals surface area contributed by atoms with E-state index in [0.717, 1.165) is 26.1 Å². The van der Waals surface area contributed by atoms with Crippen molar-refractivity contribution < 1.29 is 5.11 Å². The highest BCUT2D eigenvalue weighted by Crippen LogP contribution is 2.28. The number of hydrogen-bond acceptors (Lipinski definition) is 4. The average Bonchev–Trinajstić information content (AvgIpc) is 2.83. The van der Waals surface area contributed by atoms with Crippen molar-refractivity contribution in [3.63, 3.8) is 0 Å². The van der Waals surface area contributed by atoms with Gasteiger partial charge < -0.3 is 5.11 Å². The summed E-state index contributed by atoms with van der Waals surface area (Å²) in [5, 5.41) is 14.4. The molecule has 0 amide bonds. The molecule has 2 aromatic heterocycles. The minimum absolute atomic E-state index is 0.489. The van der Waals surface area contributed by atoms with E-state index < -0.39 is 6.10 Å². The van der Waals surface area contributed by atoms with Crippen LogP contribution < -0.4 is 0 Å². The van der Waals surface area contributed by atoms with Gasteiger partial charge in [0.15, 0.2) is 0 Å². The number of hydrogen-bond donors (Lipinski definition) is 1. The molecule has 0 aliphatic rings. The summed E-state index contributed by atoms with van der Waals surface area (Å²) in [5.41, 5.74) is 2.54. The third kappa shape index (κ3) is 2.75. The molecule has 3 nitrogen and oxygen atoms in total. The number of para-hydroxylation sites is 1. The van der Waals surface area contributed by atoms with Crippen LogP contribution in [0.3, 0.4) is 0 Å². The zero-order valence-corrected chi connectivity index (χ0v) is 13.3. The smallest absolute Gasteiger partial charge is 0.103 e. The van der Waals surface area contributed by atoms with E-state index in [1.165, 1.54) is 0 Å². The lowest BCUT2D eigenvalue weighted by molar-refractivity contribution is 0.173. The Morgan fingerprint density at radius 1 is 1.30 bits per heavy atom. The zero-order valence-electron chi connectivity index (χ0n) is 10.9. The molecule has 0 saturated heterocycles. The first kappa shape index (κ1) is 13.7. The van der Waals surface area contributed by atoms with Crippen LogP contribution in [0.5, 0.6) is 0 Å². The van der Waals surface area contributed by atoms with Crippen LogP contribution in [0, 0.1) is 6.92 Å². The fourth-order valence-corrected chi connectivity index (χ4v) is 3.51. The fraction of sp³-hybridized carbons (Fsp3) is 0.200. The van der Waals surface area contributed by atoms with Crippen LogP contribution in [0.15, 0.2) is 40.2 Å². The Labute approximate surface area is 129 Å². The number of fused-ring (bicyclic) bond motifs is 1. The van der Waals surface area contributed by atoms with Crippen LogP contribution in [-0.4, -0.2) is 15.1 Å². The van der Waals surface area contributed by atoms with E-state index in [1.54, 1.807) is 11.3 Å². The molecule has 0 saturated carbocycles. The largest absolute Gasteiger partial charge is 0.386 e. The minimum atomic E-state index is -0.653. The standard InChI is InChI=1S/C15H13BrN2OS/c1-9-8-20-14(17-9)7-13(19)15-11(16)6-10-4-2-3-5-12(10)18-15/h2-6,8,13,19H,7H2,1H3. The van der Waals surface area contributed by atoms with Gasteiger partial charge in [-0.05, 0) is 35.0 Å².